The van der Waals surface area contributed by atoms with Crippen LogP contribution in [0.5, 0.6) is 0 Å². The minimum atomic E-state index is -1.34. The number of aryl methyl sites for hydroxylation is 1. The molecule has 0 amide bonds. The molecular formula is C19H15NO. The molecule has 2 nitrogen and oxygen atoms in total. The van der Waals surface area contributed by atoms with Crippen molar-refractivity contribution < 1.29 is 7.16 Å². The number of pyridine rings is 1. The van der Waals surface area contributed by atoms with E-state index in [-0.39, 0.29) is 0 Å². The van der Waals surface area contributed by atoms with Gasteiger partial charge in [0.05, 0.1) is 0 Å². The van der Waals surface area contributed by atoms with E-state index in [0.717, 1.165) is 33.1 Å². The molecule has 0 saturated heterocycles. The smallest absolute Gasteiger partial charge is 0.143 e. The summed E-state index contributed by atoms with van der Waals surface area (Å²) >= 11 is 0. The Morgan fingerprint density at radius 2 is 1.90 bits per heavy atom. The third-order valence-electron chi connectivity index (χ3n) is 3.78. The van der Waals surface area contributed by atoms with Crippen LogP contribution >= 0.6 is 0 Å². The van der Waals surface area contributed by atoms with Crippen LogP contribution in [-0.4, -0.2) is 4.98 Å². The Morgan fingerprint density at radius 3 is 2.71 bits per heavy atom. The predicted molar refractivity (Wildman–Crippen MR) is 86.3 cm³/mol. The summed E-state index contributed by atoms with van der Waals surface area (Å²) in [5.74, 6) is 0. The lowest BCUT2D eigenvalue weighted by molar-refractivity contribution is 0.669. The first-order valence-corrected chi connectivity index (χ1v) is 6.90. The lowest BCUT2D eigenvalue weighted by Crippen LogP contribution is -1.82. The number of rotatable bonds is 2. The Labute approximate surface area is 125 Å². The van der Waals surface area contributed by atoms with E-state index in [9.17, 15) is 0 Å². The van der Waals surface area contributed by atoms with Gasteiger partial charge in [-0.05, 0) is 23.6 Å². The zero-order chi connectivity index (χ0) is 16.0. The van der Waals surface area contributed by atoms with Gasteiger partial charge in [0.2, 0.25) is 0 Å². The van der Waals surface area contributed by atoms with Crippen LogP contribution in [0.15, 0.2) is 65.3 Å². The SMILES string of the molecule is [2H]C([2H])(C)c1ccc(-c2cccc3c2oc2ccncc23)cc1. The first kappa shape index (κ1) is 10.2. The fourth-order valence-corrected chi connectivity index (χ4v) is 2.69. The second-order valence-corrected chi connectivity index (χ2v) is 4.98. The van der Waals surface area contributed by atoms with Crippen molar-refractivity contribution >= 4 is 21.9 Å². The fraction of sp³-hybridized carbons (Fsp3) is 0.105. The number of nitrogens with zero attached hydrogens (tertiary/aromatic N) is 1. The molecular weight excluding hydrogens is 258 g/mol. The molecule has 0 atom stereocenters. The van der Waals surface area contributed by atoms with Gasteiger partial charge in [0.15, 0.2) is 0 Å². The highest BCUT2D eigenvalue weighted by atomic mass is 16.3. The number of aromatic nitrogens is 1. The van der Waals surface area contributed by atoms with E-state index in [1.165, 1.54) is 0 Å². The Morgan fingerprint density at radius 1 is 1.05 bits per heavy atom. The highest BCUT2D eigenvalue weighted by Crippen LogP contribution is 2.35. The van der Waals surface area contributed by atoms with Gasteiger partial charge >= 0.3 is 0 Å². The van der Waals surface area contributed by atoms with E-state index >= 15 is 0 Å². The van der Waals surface area contributed by atoms with Crippen molar-refractivity contribution in [1.82, 2.24) is 4.98 Å². The summed E-state index contributed by atoms with van der Waals surface area (Å²) in [5, 5.41) is 2.05. The monoisotopic (exact) mass is 275 g/mol. The summed E-state index contributed by atoms with van der Waals surface area (Å²) in [5.41, 5.74) is 4.34. The normalized spacial score (nSPS) is 13.4. The summed E-state index contributed by atoms with van der Waals surface area (Å²) in [6.07, 6.45) is 2.21. The van der Waals surface area contributed by atoms with Gasteiger partial charge in [-0.15, -0.1) is 0 Å². The first-order chi connectivity index (χ1) is 11.0. The van der Waals surface area contributed by atoms with E-state index in [4.69, 9.17) is 7.16 Å². The van der Waals surface area contributed by atoms with Crippen LogP contribution in [0.3, 0.4) is 0 Å². The van der Waals surface area contributed by atoms with Crippen LogP contribution in [0.2, 0.25) is 0 Å². The minimum Gasteiger partial charge on any atom is -0.455 e. The molecule has 102 valence electrons. The van der Waals surface area contributed by atoms with Crippen molar-refractivity contribution in [2.75, 3.05) is 0 Å². The van der Waals surface area contributed by atoms with E-state index < -0.39 is 6.37 Å². The lowest BCUT2D eigenvalue weighted by Gasteiger charge is -2.04. The number of fused-ring (bicyclic) bond motifs is 3. The third kappa shape index (κ3) is 1.91. The average molecular weight is 275 g/mol. The number of benzene rings is 2. The molecule has 0 fully saturated rings. The molecule has 2 heterocycles. The largest absolute Gasteiger partial charge is 0.455 e. The molecule has 0 aliphatic heterocycles. The van der Waals surface area contributed by atoms with E-state index in [2.05, 4.69) is 4.98 Å². The molecule has 0 N–H and O–H groups in total. The summed E-state index contributed by atoms with van der Waals surface area (Å²) in [7, 11) is 0. The zero-order valence-corrected chi connectivity index (χ0v) is 11.6. The molecule has 2 heteroatoms. The van der Waals surface area contributed by atoms with Crippen molar-refractivity contribution in [3.63, 3.8) is 0 Å². The maximum Gasteiger partial charge on any atom is 0.143 e. The molecule has 21 heavy (non-hydrogen) atoms. The minimum absolute atomic E-state index is 0.669. The molecule has 0 aliphatic carbocycles. The molecule has 0 aliphatic rings. The Balaban J connectivity index is 1.92. The number of hydrogen-bond donors (Lipinski definition) is 0. The highest BCUT2D eigenvalue weighted by molar-refractivity contribution is 6.09. The molecule has 0 bridgehead atoms. The average Bonchev–Trinajstić information content (AvgIpc) is 2.93. The van der Waals surface area contributed by atoms with Gasteiger partial charge in [-0.1, -0.05) is 49.4 Å². The van der Waals surface area contributed by atoms with Gasteiger partial charge in [-0.2, -0.15) is 0 Å². The van der Waals surface area contributed by atoms with E-state index in [1.54, 1.807) is 13.1 Å². The topological polar surface area (TPSA) is 26.0 Å². The van der Waals surface area contributed by atoms with Crippen molar-refractivity contribution in [3.8, 4) is 11.1 Å². The maximum atomic E-state index is 7.79. The van der Waals surface area contributed by atoms with Crippen LogP contribution in [0, 0.1) is 0 Å². The standard InChI is InChI=1S/C19H15NO/c1-2-13-6-8-14(9-7-13)15-4-3-5-16-17-12-20-11-10-18(17)21-19(15)16/h3-12H,2H2,1H3/i2D2. The van der Waals surface area contributed by atoms with Crippen molar-refractivity contribution in [2.24, 2.45) is 0 Å². The molecule has 2 aromatic heterocycles. The van der Waals surface area contributed by atoms with Gasteiger partial charge < -0.3 is 4.42 Å². The van der Waals surface area contributed by atoms with Gasteiger partial charge in [0, 0.05) is 31.5 Å². The predicted octanol–water partition coefficient (Wildman–Crippen LogP) is 5.21. The molecule has 0 spiro atoms. The third-order valence-corrected chi connectivity index (χ3v) is 3.78. The van der Waals surface area contributed by atoms with Gasteiger partial charge in [0.1, 0.15) is 11.2 Å². The number of hydrogen-bond acceptors (Lipinski definition) is 2. The van der Waals surface area contributed by atoms with Crippen molar-refractivity contribution in [1.29, 1.82) is 0 Å². The zero-order valence-electron chi connectivity index (χ0n) is 13.6. The van der Waals surface area contributed by atoms with Crippen LogP contribution in [-0.2, 0) is 6.37 Å². The quantitative estimate of drug-likeness (QED) is 0.502. The Kier molecular flexibility index (Phi) is 2.29. The summed E-state index contributed by atoms with van der Waals surface area (Å²) < 4.78 is 21.6. The van der Waals surface area contributed by atoms with Crippen molar-refractivity contribution in [2.45, 2.75) is 13.3 Å². The molecule has 4 rings (SSSR count). The summed E-state index contributed by atoms with van der Waals surface area (Å²) in [6, 6.07) is 15.5. The number of furan rings is 1. The van der Waals surface area contributed by atoms with Gasteiger partial charge in [-0.25, -0.2) is 0 Å². The summed E-state index contributed by atoms with van der Waals surface area (Å²) in [6.45, 7) is 1.56. The molecule has 2 aromatic carbocycles. The Hall–Kier alpha value is -2.61. The van der Waals surface area contributed by atoms with Gasteiger partial charge in [-0.3, -0.25) is 4.98 Å². The summed E-state index contributed by atoms with van der Waals surface area (Å²) in [4.78, 5) is 4.17. The van der Waals surface area contributed by atoms with Crippen LogP contribution in [0.1, 0.15) is 15.2 Å². The molecule has 0 unspecified atom stereocenters. The molecule has 0 radical (unpaired) electrons. The second kappa shape index (κ2) is 4.74. The maximum absolute atomic E-state index is 7.79. The molecule has 0 saturated carbocycles. The Bertz CT molecular complexity index is 997. The van der Waals surface area contributed by atoms with Crippen LogP contribution in [0.4, 0.5) is 0 Å². The second-order valence-electron chi connectivity index (χ2n) is 4.98. The van der Waals surface area contributed by atoms with Crippen LogP contribution in [0.25, 0.3) is 33.1 Å². The highest BCUT2D eigenvalue weighted by Gasteiger charge is 2.11. The molecule has 4 aromatic rings. The van der Waals surface area contributed by atoms with E-state index in [0.29, 0.717) is 5.56 Å². The number of para-hydroxylation sites is 1. The first-order valence-electron chi connectivity index (χ1n) is 7.90. The fourth-order valence-electron chi connectivity index (χ4n) is 2.69. The van der Waals surface area contributed by atoms with Crippen molar-refractivity contribution in [3.05, 3.63) is 66.5 Å². The van der Waals surface area contributed by atoms with E-state index in [1.807, 2.05) is 54.7 Å². The van der Waals surface area contributed by atoms with Gasteiger partial charge in [0.25, 0.3) is 0 Å². The lowest BCUT2D eigenvalue weighted by atomic mass is 10.0. The van der Waals surface area contributed by atoms with Crippen LogP contribution < -0.4 is 0 Å².